The minimum atomic E-state index is -0.979. The summed E-state index contributed by atoms with van der Waals surface area (Å²) in [5.41, 5.74) is 0. The van der Waals surface area contributed by atoms with Gasteiger partial charge in [0.2, 0.25) is 0 Å². The van der Waals surface area contributed by atoms with Gasteiger partial charge in [-0.2, -0.15) is 0 Å². The summed E-state index contributed by atoms with van der Waals surface area (Å²) in [5, 5.41) is 8.12. The van der Waals surface area contributed by atoms with E-state index in [2.05, 4.69) is 4.74 Å². The van der Waals surface area contributed by atoms with Crippen LogP contribution in [0.25, 0.3) is 0 Å². The molecule has 0 aliphatic rings. The van der Waals surface area contributed by atoms with Crippen molar-refractivity contribution in [1.29, 1.82) is 0 Å². The Kier molecular flexibility index (Phi) is 9.11. The monoisotopic (exact) mass is 197 g/mol. The summed E-state index contributed by atoms with van der Waals surface area (Å²) in [7, 11) is 0. The van der Waals surface area contributed by atoms with Gasteiger partial charge in [0.15, 0.2) is 0 Å². The largest absolute Gasteiger partial charge is 0.481 e. The Morgan fingerprint density at radius 3 is 2.27 bits per heavy atom. The molecule has 5 heteroatoms. The van der Waals surface area contributed by atoms with Gasteiger partial charge in [0.05, 0.1) is 19.4 Å². The number of aliphatic carboxylic acids is 1. The predicted molar refractivity (Wildman–Crippen MR) is 33.5 cm³/mol. The van der Waals surface area contributed by atoms with Crippen molar-refractivity contribution < 1.29 is 38.0 Å². The molecule has 0 aromatic heterocycles. The summed E-state index contributed by atoms with van der Waals surface area (Å²) in [5.74, 6) is -1.43. The van der Waals surface area contributed by atoms with Crippen LogP contribution in [-0.4, -0.2) is 23.7 Å². The average molecular weight is 197 g/mol. The van der Waals surface area contributed by atoms with Crippen LogP contribution in [0.5, 0.6) is 0 Å². The number of hydrogen-bond acceptors (Lipinski definition) is 3. The van der Waals surface area contributed by atoms with Crippen molar-refractivity contribution >= 4 is 11.9 Å². The van der Waals surface area contributed by atoms with Gasteiger partial charge in [-0.1, -0.05) is 0 Å². The van der Waals surface area contributed by atoms with E-state index in [9.17, 15) is 9.59 Å². The second kappa shape index (κ2) is 7.63. The fourth-order valence-electron chi connectivity index (χ4n) is 0.442. The molecule has 11 heavy (non-hydrogen) atoms. The Bertz CT molecular complexity index is 135. The van der Waals surface area contributed by atoms with E-state index in [1.165, 1.54) is 0 Å². The average Bonchev–Trinajstić information content (AvgIpc) is 1.85. The molecule has 0 aliphatic heterocycles. The van der Waals surface area contributed by atoms with Crippen LogP contribution < -0.4 is 0 Å². The van der Waals surface area contributed by atoms with E-state index in [1.807, 2.05) is 0 Å². The number of esters is 1. The molecule has 63 valence electrons. The molecule has 0 bridgehead atoms. The third-order valence-corrected chi connectivity index (χ3v) is 0.848. The van der Waals surface area contributed by atoms with Crippen LogP contribution in [0.4, 0.5) is 0 Å². The van der Waals surface area contributed by atoms with E-state index in [4.69, 9.17) is 5.11 Å². The Hall–Kier alpha value is -0.476. The smallest absolute Gasteiger partial charge is 0.306 e. The van der Waals surface area contributed by atoms with E-state index in [-0.39, 0.29) is 31.4 Å². The molecule has 0 aromatic rings. The van der Waals surface area contributed by atoms with Gasteiger partial charge >= 0.3 is 11.9 Å². The molecule has 0 aliphatic carbocycles. The van der Waals surface area contributed by atoms with E-state index in [0.717, 1.165) is 0 Å². The van der Waals surface area contributed by atoms with Crippen molar-refractivity contribution in [1.82, 2.24) is 0 Å². The standard InChI is InChI=1S/C6H10O4.V/c1-2-10-6(9)4-3-5(7)8;/h2-4H2,1H3,(H,7,8);. The second-order valence-corrected chi connectivity index (χ2v) is 1.70. The number of rotatable bonds is 4. The molecule has 0 unspecified atom stereocenters. The van der Waals surface area contributed by atoms with Crippen LogP contribution in [0, 0.1) is 0 Å². The molecular formula is C6H10O4V. The fourth-order valence-corrected chi connectivity index (χ4v) is 0.442. The molecule has 0 amide bonds. The summed E-state index contributed by atoms with van der Waals surface area (Å²) < 4.78 is 4.49. The molecule has 4 nitrogen and oxygen atoms in total. The normalized spacial score (nSPS) is 8.09. The topological polar surface area (TPSA) is 63.6 Å². The molecule has 0 rings (SSSR count). The van der Waals surface area contributed by atoms with Gasteiger partial charge < -0.3 is 9.84 Å². The zero-order valence-electron chi connectivity index (χ0n) is 6.24. The van der Waals surface area contributed by atoms with Crippen molar-refractivity contribution in [3.8, 4) is 0 Å². The third-order valence-electron chi connectivity index (χ3n) is 0.848. The first-order chi connectivity index (χ1) is 4.66. The maximum atomic E-state index is 10.5. The van der Waals surface area contributed by atoms with Crippen molar-refractivity contribution in [2.45, 2.75) is 19.8 Å². The predicted octanol–water partition coefficient (Wildman–Crippen LogP) is 0.412. The van der Waals surface area contributed by atoms with E-state index in [0.29, 0.717) is 6.61 Å². The van der Waals surface area contributed by atoms with Crippen LogP contribution >= 0.6 is 0 Å². The zero-order valence-corrected chi connectivity index (χ0v) is 7.64. The number of carboxylic acids is 1. The number of ether oxygens (including phenoxy) is 1. The maximum Gasteiger partial charge on any atom is 0.306 e. The third kappa shape index (κ3) is 9.52. The first-order valence-corrected chi connectivity index (χ1v) is 3.04. The van der Waals surface area contributed by atoms with Crippen molar-refractivity contribution in [2.75, 3.05) is 6.61 Å². The molecule has 1 N–H and O–H groups in total. The Balaban J connectivity index is 0. The summed E-state index contributed by atoms with van der Waals surface area (Å²) >= 11 is 0. The Morgan fingerprint density at radius 1 is 1.36 bits per heavy atom. The van der Waals surface area contributed by atoms with E-state index < -0.39 is 11.9 Å². The molecule has 0 saturated carbocycles. The van der Waals surface area contributed by atoms with Gasteiger partial charge in [-0.05, 0) is 6.92 Å². The number of carbonyl (C=O) groups is 2. The number of carboxylic acid groups (broad SMARTS) is 1. The summed E-state index contributed by atoms with van der Waals surface area (Å²) in [6.07, 6.45) is -0.192. The Morgan fingerprint density at radius 2 is 1.91 bits per heavy atom. The van der Waals surface area contributed by atoms with Gasteiger partial charge in [-0.3, -0.25) is 9.59 Å². The minimum Gasteiger partial charge on any atom is -0.481 e. The van der Waals surface area contributed by atoms with Gasteiger partial charge in [-0.25, -0.2) is 0 Å². The Labute approximate surface area is 76.8 Å². The minimum absolute atomic E-state index is 0. The first kappa shape index (κ1) is 13.1. The number of hydrogen-bond donors (Lipinski definition) is 1. The molecule has 0 fully saturated rings. The van der Waals surface area contributed by atoms with Crippen LogP contribution in [0.1, 0.15) is 19.8 Å². The van der Waals surface area contributed by atoms with Gasteiger partial charge in [0.25, 0.3) is 0 Å². The van der Waals surface area contributed by atoms with Gasteiger partial charge in [-0.15, -0.1) is 0 Å². The van der Waals surface area contributed by atoms with Gasteiger partial charge in [0.1, 0.15) is 0 Å². The van der Waals surface area contributed by atoms with Crippen molar-refractivity contribution in [3.05, 3.63) is 0 Å². The molecule has 0 saturated heterocycles. The molecule has 0 aromatic carbocycles. The summed E-state index contributed by atoms with van der Waals surface area (Å²) in [4.78, 5) is 20.4. The van der Waals surface area contributed by atoms with Crippen LogP contribution in [0.15, 0.2) is 0 Å². The zero-order chi connectivity index (χ0) is 7.98. The summed E-state index contributed by atoms with van der Waals surface area (Å²) in [6.45, 7) is 1.98. The summed E-state index contributed by atoms with van der Waals surface area (Å²) in [6, 6.07) is 0. The van der Waals surface area contributed by atoms with E-state index >= 15 is 0 Å². The van der Waals surface area contributed by atoms with E-state index in [1.54, 1.807) is 6.92 Å². The maximum absolute atomic E-state index is 10.5. The van der Waals surface area contributed by atoms with Crippen molar-refractivity contribution in [2.24, 2.45) is 0 Å². The molecule has 0 atom stereocenters. The second-order valence-electron chi connectivity index (χ2n) is 1.70. The van der Waals surface area contributed by atoms with Gasteiger partial charge in [0, 0.05) is 18.6 Å². The molecule has 1 radical (unpaired) electrons. The quantitative estimate of drug-likeness (QED) is 0.663. The molecular weight excluding hydrogens is 187 g/mol. The SMILES string of the molecule is CCOC(=O)CCC(=O)O.[V]. The van der Waals surface area contributed by atoms with Crippen LogP contribution in [0.3, 0.4) is 0 Å². The first-order valence-electron chi connectivity index (χ1n) is 3.04. The van der Waals surface area contributed by atoms with Crippen LogP contribution in [-0.2, 0) is 32.9 Å². The number of carbonyl (C=O) groups excluding carboxylic acids is 1. The molecule has 0 spiro atoms. The van der Waals surface area contributed by atoms with Crippen molar-refractivity contribution in [3.63, 3.8) is 0 Å². The molecule has 0 heterocycles. The fraction of sp³-hybridized carbons (Fsp3) is 0.667. The van der Waals surface area contributed by atoms with Crippen LogP contribution in [0.2, 0.25) is 0 Å².